The third-order valence-corrected chi connectivity index (χ3v) is 3.74. The number of urea groups is 1. The maximum atomic E-state index is 11.8. The molecule has 0 aromatic heterocycles. The van der Waals surface area contributed by atoms with Crippen molar-refractivity contribution in [2.24, 2.45) is 0 Å². The molecule has 0 saturated carbocycles. The van der Waals surface area contributed by atoms with E-state index in [9.17, 15) is 9.59 Å². The first kappa shape index (κ1) is 16.8. The fraction of sp³-hybridized carbons (Fsp3) is 0.385. The number of aliphatic carboxylic acids is 1. The molecule has 20 heavy (non-hydrogen) atoms. The van der Waals surface area contributed by atoms with Crippen molar-refractivity contribution in [3.05, 3.63) is 27.2 Å². The van der Waals surface area contributed by atoms with Gasteiger partial charge in [-0.25, -0.2) is 9.59 Å². The van der Waals surface area contributed by atoms with Crippen LogP contribution in [0.4, 0.5) is 10.5 Å². The number of aryl methyl sites for hydroxylation is 1. The molecule has 110 valence electrons. The Bertz CT molecular complexity index is 523. The average Bonchev–Trinajstić information content (AvgIpc) is 2.35. The summed E-state index contributed by atoms with van der Waals surface area (Å²) in [5.41, 5.74) is 1.36. The van der Waals surface area contributed by atoms with Crippen molar-refractivity contribution < 1.29 is 14.7 Å². The Morgan fingerprint density at radius 1 is 1.45 bits per heavy atom. The molecule has 1 rings (SSSR count). The molecular formula is C13H16BrClN2O3. The minimum atomic E-state index is -1.05. The molecule has 1 aromatic rings. The number of carboxylic acids is 1. The number of rotatable bonds is 5. The van der Waals surface area contributed by atoms with Crippen molar-refractivity contribution >= 4 is 45.2 Å². The van der Waals surface area contributed by atoms with Crippen LogP contribution in [-0.4, -0.2) is 23.1 Å². The molecule has 0 spiro atoms. The van der Waals surface area contributed by atoms with Crippen LogP contribution >= 0.6 is 27.5 Å². The first-order valence-corrected chi connectivity index (χ1v) is 7.28. The number of halogens is 2. The molecule has 3 N–H and O–H groups in total. The largest absolute Gasteiger partial charge is 0.480 e. The van der Waals surface area contributed by atoms with Gasteiger partial charge in [-0.3, -0.25) is 0 Å². The number of amides is 2. The van der Waals surface area contributed by atoms with Crippen LogP contribution in [0.2, 0.25) is 5.02 Å². The van der Waals surface area contributed by atoms with Gasteiger partial charge in [-0.15, -0.1) is 0 Å². The Labute approximate surface area is 130 Å². The predicted molar refractivity (Wildman–Crippen MR) is 82.4 cm³/mol. The second-order valence-electron chi connectivity index (χ2n) is 4.36. The molecule has 5 nitrogen and oxygen atoms in total. The van der Waals surface area contributed by atoms with Gasteiger partial charge in [0.15, 0.2) is 0 Å². The van der Waals surface area contributed by atoms with Gasteiger partial charge in [-0.2, -0.15) is 0 Å². The fourth-order valence-corrected chi connectivity index (χ4v) is 2.33. The highest BCUT2D eigenvalue weighted by Gasteiger charge is 2.19. The zero-order valence-corrected chi connectivity index (χ0v) is 13.5. The summed E-state index contributed by atoms with van der Waals surface area (Å²) in [6.07, 6.45) is 1.04. The van der Waals surface area contributed by atoms with E-state index in [-0.39, 0.29) is 0 Å². The van der Waals surface area contributed by atoms with Crippen molar-refractivity contribution in [1.29, 1.82) is 0 Å². The number of benzene rings is 1. The molecule has 2 amide bonds. The van der Waals surface area contributed by atoms with E-state index in [1.165, 1.54) is 0 Å². The number of anilines is 1. The third-order valence-electron chi connectivity index (χ3n) is 2.68. The van der Waals surface area contributed by atoms with E-state index in [4.69, 9.17) is 16.7 Å². The van der Waals surface area contributed by atoms with Crippen LogP contribution < -0.4 is 10.6 Å². The van der Waals surface area contributed by atoms with Crippen LogP contribution in [0.5, 0.6) is 0 Å². The van der Waals surface area contributed by atoms with Crippen molar-refractivity contribution in [1.82, 2.24) is 5.32 Å². The van der Waals surface area contributed by atoms with Crippen LogP contribution in [0.1, 0.15) is 25.3 Å². The van der Waals surface area contributed by atoms with Crippen molar-refractivity contribution in [2.75, 3.05) is 5.32 Å². The van der Waals surface area contributed by atoms with Crippen molar-refractivity contribution in [3.63, 3.8) is 0 Å². The summed E-state index contributed by atoms with van der Waals surface area (Å²) in [6.45, 7) is 3.70. The number of hydrogen-bond acceptors (Lipinski definition) is 2. The van der Waals surface area contributed by atoms with Crippen LogP contribution in [-0.2, 0) is 4.79 Å². The number of carboxylic acid groups (broad SMARTS) is 1. The topological polar surface area (TPSA) is 78.4 Å². The Balaban J connectivity index is 2.75. The lowest BCUT2D eigenvalue weighted by molar-refractivity contribution is -0.139. The fourth-order valence-electron chi connectivity index (χ4n) is 1.60. The third kappa shape index (κ3) is 4.68. The Hall–Kier alpha value is -1.27. The van der Waals surface area contributed by atoms with Crippen molar-refractivity contribution in [3.8, 4) is 0 Å². The van der Waals surface area contributed by atoms with Gasteiger partial charge in [-0.1, -0.05) is 24.9 Å². The van der Waals surface area contributed by atoms with Gasteiger partial charge in [0.1, 0.15) is 6.04 Å². The second-order valence-corrected chi connectivity index (χ2v) is 5.62. The monoisotopic (exact) mass is 362 g/mol. The van der Waals surface area contributed by atoms with Gasteiger partial charge < -0.3 is 15.7 Å². The maximum Gasteiger partial charge on any atom is 0.326 e. The molecule has 0 aliphatic heterocycles. The molecule has 0 bridgehead atoms. The lowest BCUT2D eigenvalue weighted by Gasteiger charge is -2.15. The van der Waals surface area contributed by atoms with Crippen LogP contribution in [0.25, 0.3) is 0 Å². The summed E-state index contributed by atoms with van der Waals surface area (Å²) in [5, 5.41) is 14.5. The zero-order chi connectivity index (χ0) is 15.3. The molecule has 0 aliphatic rings. The Kier molecular flexibility index (Phi) is 6.29. The minimum absolute atomic E-state index is 0.374. The highest BCUT2D eigenvalue weighted by Crippen LogP contribution is 2.29. The smallest absolute Gasteiger partial charge is 0.326 e. The van der Waals surface area contributed by atoms with E-state index in [1.54, 1.807) is 12.1 Å². The lowest BCUT2D eigenvalue weighted by Crippen LogP contribution is -2.42. The summed E-state index contributed by atoms with van der Waals surface area (Å²) in [5.74, 6) is -1.05. The van der Waals surface area contributed by atoms with Crippen LogP contribution in [0, 0.1) is 6.92 Å². The predicted octanol–water partition coefficient (Wildman–Crippen LogP) is 3.79. The second kappa shape index (κ2) is 7.50. The number of carbonyl (C=O) groups is 2. The maximum absolute atomic E-state index is 11.8. The molecule has 1 atom stereocenters. The molecule has 0 saturated heterocycles. The molecule has 0 radical (unpaired) electrons. The first-order chi connectivity index (χ1) is 9.35. The molecule has 0 unspecified atom stereocenters. The van der Waals surface area contributed by atoms with Crippen molar-refractivity contribution in [2.45, 2.75) is 32.7 Å². The molecule has 0 heterocycles. The van der Waals surface area contributed by atoms with E-state index >= 15 is 0 Å². The Morgan fingerprint density at radius 2 is 2.10 bits per heavy atom. The van der Waals surface area contributed by atoms with E-state index in [2.05, 4.69) is 26.6 Å². The van der Waals surface area contributed by atoms with Gasteiger partial charge in [-0.05, 0) is 47.0 Å². The van der Waals surface area contributed by atoms with E-state index < -0.39 is 18.0 Å². The summed E-state index contributed by atoms with van der Waals surface area (Å²) < 4.78 is 0.678. The molecular weight excluding hydrogens is 348 g/mol. The first-order valence-electron chi connectivity index (χ1n) is 6.11. The van der Waals surface area contributed by atoms with Crippen LogP contribution in [0.15, 0.2) is 16.6 Å². The number of hydrogen-bond donors (Lipinski definition) is 3. The summed E-state index contributed by atoms with van der Waals surface area (Å²) in [4.78, 5) is 22.8. The summed E-state index contributed by atoms with van der Waals surface area (Å²) >= 11 is 9.31. The van der Waals surface area contributed by atoms with Gasteiger partial charge in [0, 0.05) is 9.50 Å². The summed E-state index contributed by atoms with van der Waals surface area (Å²) in [7, 11) is 0. The van der Waals surface area contributed by atoms with Crippen LogP contribution in [0.3, 0.4) is 0 Å². The van der Waals surface area contributed by atoms with Gasteiger partial charge >= 0.3 is 12.0 Å². The standard InChI is InChI=1S/C13H16BrClN2O3/c1-3-4-10(12(18)19)16-13(20)17-11-6-9(15)7(2)5-8(11)14/h5-6,10H,3-4H2,1-2H3,(H,18,19)(H2,16,17,20)/t10-/m1/s1. The zero-order valence-electron chi connectivity index (χ0n) is 11.2. The average molecular weight is 364 g/mol. The van der Waals surface area contributed by atoms with E-state index in [0.717, 1.165) is 5.56 Å². The number of carbonyl (C=O) groups excluding carboxylic acids is 1. The highest BCUT2D eigenvalue weighted by atomic mass is 79.9. The molecule has 1 aromatic carbocycles. The quantitative estimate of drug-likeness (QED) is 0.745. The van der Waals surface area contributed by atoms with Gasteiger partial charge in [0.25, 0.3) is 0 Å². The normalized spacial score (nSPS) is 11.8. The summed E-state index contributed by atoms with van der Waals surface area (Å²) in [6, 6.07) is 1.90. The minimum Gasteiger partial charge on any atom is -0.480 e. The molecule has 0 fully saturated rings. The van der Waals surface area contributed by atoms with Gasteiger partial charge in [0.05, 0.1) is 5.69 Å². The lowest BCUT2D eigenvalue weighted by atomic mass is 10.2. The SMILES string of the molecule is CCC[C@@H](NC(=O)Nc1cc(Cl)c(C)cc1Br)C(=O)O. The molecule has 7 heteroatoms. The van der Waals surface area contributed by atoms with E-state index in [0.29, 0.717) is 28.0 Å². The number of nitrogens with one attached hydrogen (secondary N) is 2. The Morgan fingerprint density at radius 3 is 2.65 bits per heavy atom. The van der Waals surface area contributed by atoms with Gasteiger partial charge in [0.2, 0.25) is 0 Å². The highest BCUT2D eigenvalue weighted by molar-refractivity contribution is 9.10. The molecule has 0 aliphatic carbocycles. The van der Waals surface area contributed by atoms with E-state index in [1.807, 2.05) is 13.8 Å².